The monoisotopic (exact) mass is 292 g/mol. The molecule has 0 radical (unpaired) electrons. The van der Waals surface area contributed by atoms with Crippen molar-refractivity contribution in [2.75, 3.05) is 6.54 Å². The Hall–Kier alpha value is -1.91. The minimum absolute atomic E-state index is 0.0644. The van der Waals surface area contributed by atoms with Crippen molar-refractivity contribution < 1.29 is 14.0 Å². The van der Waals surface area contributed by atoms with Gasteiger partial charge in [-0.2, -0.15) is 0 Å². The lowest BCUT2D eigenvalue weighted by Crippen LogP contribution is -2.44. The van der Waals surface area contributed by atoms with Crippen LogP contribution in [0.25, 0.3) is 0 Å². The third-order valence-electron chi connectivity index (χ3n) is 3.58. The van der Waals surface area contributed by atoms with E-state index in [1.807, 2.05) is 20.8 Å². The number of benzene rings is 1. The summed E-state index contributed by atoms with van der Waals surface area (Å²) in [6.45, 7) is 6.48. The number of hydrogen-bond acceptors (Lipinski definition) is 2. The van der Waals surface area contributed by atoms with Crippen molar-refractivity contribution in [2.45, 2.75) is 45.2 Å². The Morgan fingerprint density at radius 3 is 2.48 bits per heavy atom. The molecule has 4 nitrogen and oxygen atoms in total. The van der Waals surface area contributed by atoms with Crippen molar-refractivity contribution in [2.24, 2.45) is 0 Å². The molecule has 1 aliphatic rings. The number of nitrogens with one attached hydrogen (secondary N) is 1. The van der Waals surface area contributed by atoms with Crippen molar-refractivity contribution in [1.29, 1.82) is 0 Å². The topological polar surface area (TPSA) is 49.4 Å². The molecular formula is C16H21FN2O2. The van der Waals surface area contributed by atoms with E-state index in [2.05, 4.69) is 5.32 Å². The average molecular weight is 292 g/mol. The first kappa shape index (κ1) is 15.5. The second-order valence-electron chi connectivity index (χ2n) is 6.45. The molecule has 2 amide bonds. The van der Waals surface area contributed by atoms with Crippen LogP contribution < -0.4 is 5.32 Å². The first-order chi connectivity index (χ1) is 9.75. The first-order valence-corrected chi connectivity index (χ1v) is 7.10. The molecule has 21 heavy (non-hydrogen) atoms. The highest BCUT2D eigenvalue weighted by Gasteiger charge is 2.36. The van der Waals surface area contributed by atoms with Crippen molar-refractivity contribution in [1.82, 2.24) is 10.2 Å². The molecule has 0 bridgehead atoms. The van der Waals surface area contributed by atoms with Crippen molar-refractivity contribution >= 4 is 11.8 Å². The van der Waals surface area contributed by atoms with Gasteiger partial charge in [0.15, 0.2) is 0 Å². The zero-order valence-corrected chi connectivity index (χ0v) is 12.6. The van der Waals surface area contributed by atoms with E-state index in [0.717, 1.165) is 5.56 Å². The Morgan fingerprint density at radius 2 is 1.95 bits per heavy atom. The van der Waals surface area contributed by atoms with E-state index < -0.39 is 0 Å². The third-order valence-corrected chi connectivity index (χ3v) is 3.58. The van der Waals surface area contributed by atoms with Gasteiger partial charge in [0.25, 0.3) is 0 Å². The van der Waals surface area contributed by atoms with Gasteiger partial charge in [-0.1, -0.05) is 12.1 Å². The standard InChI is InChI=1S/C16H21FN2O2/c1-16(2,3)19-10-13(9-15(19)21)18-14(20)8-11-4-6-12(17)7-5-11/h4-7,13H,8-10H2,1-3H3,(H,18,20). The number of hydrogen-bond donors (Lipinski definition) is 1. The van der Waals surface area contributed by atoms with Gasteiger partial charge in [-0.25, -0.2) is 4.39 Å². The fourth-order valence-corrected chi connectivity index (χ4v) is 2.52. The Balaban J connectivity index is 1.89. The van der Waals surface area contributed by atoms with Gasteiger partial charge in [0.2, 0.25) is 11.8 Å². The lowest BCUT2D eigenvalue weighted by atomic mass is 10.1. The Bertz CT molecular complexity index is 534. The molecule has 0 spiro atoms. The van der Waals surface area contributed by atoms with Gasteiger partial charge < -0.3 is 10.2 Å². The molecule has 0 saturated carbocycles. The summed E-state index contributed by atoms with van der Waals surface area (Å²) in [5.74, 6) is -0.397. The van der Waals surface area contributed by atoms with Crippen LogP contribution in [0.4, 0.5) is 4.39 Å². The fourth-order valence-electron chi connectivity index (χ4n) is 2.52. The summed E-state index contributed by atoms with van der Waals surface area (Å²) in [4.78, 5) is 25.7. The molecule has 0 aliphatic carbocycles. The van der Waals surface area contributed by atoms with Crippen molar-refractivity contribution in [3.05, 3.63) is 35.6 Å². The molecule has 1 aromatic rings. The van der Waals surface area contributed by atoms with Crippen LogP contribution in [0, 0.1) is 5.82 Å². The number of rotatable bonds is 3. The highest BCUT2D eigenvalue weighted by atomic mass is 19.1. The van der Waals surface area contributed by atoms with E-state index in [4.69, 9.17) is 0 Å². The zero-order chi connectivity index (χ0) is 15.6. The van der Waals surface area contributed by atoms with E-state index in [1.54, 1.807) is 17.0 Å². The molecule has 0 aromatic heterocycles. The van der Waals surface area contributed by atoms with Crippen LogP contribution in [0.15, 0.2) is 24.3 Å². The molecule has 1 atom stereocenters. The number of nitrogens with zero attached hydrogens (tertiary/aromatic N) is 1. The van der Waals surface area contributed by atoms with Gasteiger partial charge in [-0.15, -0.1) is 0 Å². The molecule has 1 unspecified atom stereocenters. The largest absolute Gasteiger partial charge is 0.351 e. The SMILES string of the molecule is CC(C)(C)N1CC(NC(=O)Cc2ccc(F)cc2)CC1=O. The van der Waals surface area contributed by atoms with Gasteiger partial charge in [-0.3, -0.25) is 9.59 Å². The van der Waals surface area contributed by atoms with Gasteiger partial charge in [0.1, 0.15) is 5.82 Å². The molecule has 1 fully saturated rings. The van der Waals surface area contributed by atoms with Crippen LogP contribution in [0.2, 0.25) is 0 Å². The Morgan fingerprint density at radius 1 is 1.33 bits per heavy atom. The number of amides is 2. The summed E-state index contributed by atoms with van der Waals surface area (Å²) < 4.78 is 12.8. The average Bonchev–Trinajstić information content (AvgIpc) is 2.73. The number of likely N-dealkylation sites (tertiary alicyclic amines) is 1. The molecule has 1 aromatic carbocycles. The Kier molecular flexibility index (Phi) is 4.30. The molecule has 1 aliphatic heterocycles. The second kappa shape index (κ2) is 5.84. The fraction of sp³-hybridized carbons (Fsp3) is 0.500. The second-order valence-corrected chi connectivity index (χ2v) is 6.45. The van der Waals surface area contributed by atoms with Crippen LogP contribution in [-0.4, -0.2) is 34.8 Å². The summed E-state index contributed by atoms with van der Waals surface area (Å²) in [5.41, 5.74) is 0.527. The molecular weight excluding hydrogens is 271 g/mol. The van der Waals surface area contributed by atoms with Crippen LogP contribution in [0.5, 0.6) is 0 Å². The van der Waals surface area contributed by atoms with Gasteiger partial charge >= 0.3 is 0 Å². The Labute approximate surface area is 124 Å². The predicted molar refractivity (Wildman–Crippen MR) is 78.1 cm³/mol. The van der Waals surface area contributed by atoms with E-state index >= 15 is 0 Å². The third kappa shape index (κ3) is 4.03. The van der Waals surface area contributed by atoms with Gasteiger partial charge in [0.05, 0.1) is 12.5 Å². The quantitative estimate of drug-likeness (QED) is 0.925. The minimum atomic E-state index is -0.318. The highest BCUT2D eigenvalue weighted by Crippen LogP contribution is 2.21. The van der Waals surface area contributed by atoms with E-state index in [0.29, 0.717) is 13.0 Å². The first-order valence-electron chi connectivity index (χ1n) is 7.10. The van der Waals surface area contributed by atoms with Crippen molar-refractivity contribution in [3.63, 3.8) is 0 Å². The lowest BCUT2D eigenvalue weighted by molar-refractivity contribution is -0.131. The number of halogens is 1. The van der Waals surface area contributed by atoms with Crippen LogP contribution in [0.1, 0.15) is 32.8 Å². The van der Waals surface area contributed by atoms with E-state index in [-0.39, 0.29) is 35.6 Å². The normalized spacial score (nSPS) is 19.0. The highest BCUT2D eigenvalue weighted by molar-refractivity contribution is 5.83. The lowest BCUT2D eigenvalue weighted by Gasteiger charge is -2.32. The minimum Gasteiger partial charge on any atom is -0.351 e. The maximum absolute atomic E-state index is 12.8. The van der Waals surface area contributed by atoms with Crippen molar-refractivity contribution in [3.8, 4) is 0 Å². The van der Waals surface area contributed by atoms with Crippen LogP contribution in [0.3, 0.4) is 0 Å². The maximum atomic E-state index is 12.8. The molecule has 1 saturated heterocycles. The summed E-state index contributed by atoms with van der Waals surface area (Å²) in [6.07, 6.45) is 0.535. The summed E-state index contributed by atoms with van der Waals surface area (Å²) in [5, 5.41) is 2.88. The number of carbonyl (C=O) groups excluding carboxylic acids is 2. The van der Waals surface area contributed by atoms with Crippen LogP contribution >= 0.6 is 0 Å². The van der Waals surface area contributed by atoms with E-state index in [1.165, 1.54) is 12.1 Å². The van der Waals surface area contributed by atoms with Gasteiger partial charge in [0, 0.05) is 18.5 Å². The molecule has 1 N–H and O–H groups in total. The summed E-state index contributed by atoms with van der Waals surface area (Å²) in [6, 6.07) is 5.71. The summed E-state index contributed by atoms with van der Waals surface area (Å²) in [7, 11) is 0. The van der Waals surface area contributed by atoms with E-state index in [9.17, 15) is 14.0 Å². The molecule has 2 rings (SSSR count). The number of carbonyl (C=O) groups is 2. The summed E-state index contributed by atoms with van der Waals surface area (Å²) >= 11 is 0. The molecule has 1 heterocycles. The smallest absolute Gasteiger partial charge is 0.225 e. The van der Waals surface area contributed by atoms with Crippen LogP contribution in [-0.2, 0) is 16.0 Å². The van der Waals surface area contributed by atoms with Gasteiger partial charge in [-0.05, 0) is 38.5 Å². The molecule has 5 heteroatoms. The molecule has 114 valence electrons. The maximum Gasteiger partial charge on any atom is 0.225 e. The zero-order valence-electron chi connectivity index (χ0n) is 12.6. The predicted octanol–water partition coefficient (Wildman–Crippen LogP) is 1.88.